The van der Waals surface area contributed by atoms with Gasteiger partial charge in [-0.15, -0.1) is 0 Å². The average molecular weight is 327 g/mol. The van der Waals surface area contributed by atoms with E-state index in [-0.39, 0.29) is 5.69 Å². The molecule has 0 fully saturated rings. The Morgan fingerprint density at radius 2 is 2.04 bits per heavy atom. The number of hydrazine groups is 1. The molecule has 0 bridgehead atoms. The highest BCUT2D eigenvalue weighted by molar-refractivity contribution is 6.10. The van der Waals surface area contributed by atoms with Gasteiger partial charge in [0.1, 0.15) is 11.7 Å². The third-order valence-corrected chi connectivity index (χ3v) is 3.74. The fourth-order valence-electron chi connectivity index (χ4n) is 2.48. The first-order chi connectivity index (χ1) is 11.5. The number of pyridine rings is 1. The van der Waals surface area contributed by atoms with Crippen molar-refractivity contribution in [3.63, 3.8) is 0 Å². The minimum atomic E-state index is -1.10. The van der Waals surface area contributed by atoms with Crippen LogP contribution >= 0.6 is 0 Å². The summed E-state index contributed by atoms with van der Waals surface area (Å²) in [5.41, 5.74) is 12.4. The van der Waals surface area contributed by atoms with E-state index in [2.05, 4.69) is 20.8 Å². The quantitative estimate of drug-likeness (QED) is 0.435. The first kappa shape index (κ1) is 15.9. The predicted octanol–water partition coefficient (Wildman–Crippen LogP) is 0.105. The first-order valence-corrected chi connectivity index (χ1v) is 7.36. The zero-order valence-corrected chi connectivity index (χ0v) is 13.0. The molecule has 1 aromatic carbocycles. The second kappa shape index (κ2) is 6.26. The van der Waals surface area contributed by atoms with Gasteiger partial charge in [-0.3, -0.25) is 20.4 Å². The number of para-hydroxylation sites is 1. The number of nitrogens with zero attached hydrogens (tertiary/aromatic N) is 1. The zero-order valence-electron chi connectivity index (χ0n) is 13.0. The van der Waals surface area contributed by atoms with Gasteiger partial charge in [-0.2, -0.15) is 0 Å². The normalized spacial score (nSPS) is 12.3. The van der Waals surface area contributed by atoms with E-state index in [1.165, 1.54) is 0 Å². The lowest BCUT2D eigenvalue weighted by atomic mass is 10.1. The molecule has 24 heavy (non-hydrogen) atoms. The summed E-state index contributed by atoms with van der Waals surface area (Å²) in [6.45, 7) is 1.29. The molecule has 0 aliphatic carbocycles. The van der Waals surface area contributed by atoms with Crippen molar-refractivity contribution in [3.05, 3.63) is 41.7 Å². The number of nitrogens with two attached hydrogens (primary N) is 1. The van der Waals surface area contributed by atoms with Crippen molar-refractivity contribution >= 4 is 33.6 Å². The number of nitrogens with one attached hydrogen (secondary N) is 3. The number of aliphatic hydroxyl groups is 1. The van der Waals surface area contributed by atoms with Crippen molar-refractivity contribution in [1.29, 1.82) is 0 Å². The highest BCUT2D eigenvalue weighted by Gasteiger charge is 2.16. The van der Waals surface area contributed by atoms with Crippen LogP contribution in [0, 0.1) is 6.92 Å². The van der Waals surface area contributed by atoms with Crippen molar-refractivity contribution < 1.29 is 14.7 Å². The van der Waals surface area contributed by atoms with Gasteiger partial charge >= 0.3 is 0 Å². The summed E-state index contributed by atoms with van der Waals surface area (Å²) >= 11 is 0. The van der Waals surface area contributed by atoms with E-state index in [0.29, 0.717) is 5.69 Å². The van der Waals surface area contributed by atoms with Crippen LogP contribution in [-0.2, 0) is 4.79 Å². The minimum Gasteiger partial charge on any atom is -0.394 e. The summed E-state index contributed by atoms with van der Waals surface area (Å²) in [4.78, 5) is 31.2. The first-order valence-electron chi connectivity index (χ1n) is 7.36. The predicted molar refractivity (Wildman–Crippen MR) is 89.0 cm³/mol. The van der Waals surface area contributed by atoms with Crippen molar-refractivity contribution in [2.24, 2.45) is 5.73 Å². The zero-order chi connectivity index (χ0) is 17.3. The number of aromatic nitrogens is 2. The van der Waals surface area contributed by atoms with Gasteiger partial charge in [-0.05, 0) is 19.1 Å². The third-order valence-electron chi connectivity index (χ3n) is 3.74. The van der Waals surface area contributed by atoms with Gasteiger partial charge in [0.25, 0.3) is 11.8 Å². The van der Waals surface area contributed by atoms with E-state index in [1.54, 1.807) is 13.0 Å². The maximum atomic E-state index is 12.2. The third kappa shape index (κ3) is 2.80. The van der Waals surface area contributed by atoms with Crippen LogP contribution in [0.25, 0.3) is 21.8 Å². The number of carbonyl (C=O) groups is 2. The number of benzene rings is 1. The minimum absolute atomic E-state index is 0.169. The maximum absolute atomic E-state index is 12.2. The van der Waals surface area contributed by atoms with Gasteiger partial charge in [0.05, 0.1) is 17.8 Å². The summed E-state index contributed by atoms with van der Waals surface area (Å²) in [5, 5.41) is 10.7. The number of fused-ring (bicyclic) bond motifs is 3. The number of hydrogen-bond acceptors (Lipinski definition) is 5. The molecule has 6 N–H and O–H groups in total. The Kier molecular flexibility index (Phi) is 4.15. The number of aromatic amines is 1. The Morgan fingerprint density at radius 3 is 2.79 bits per heavy atom. The molecule has 0 unspecified atom stereocenters. The van der Waals surface area contributed by atoms with Gasteiger partial charge in [-0.25, -0.2) is 4.98 Å². The Morgan fingerprint density at radius 1 is 1.29 bits per heavy atom. The molecule has 2 aromatic heterocycles. The lowest BCUT2D eigenvalue weighted by Gasteiger charge is -2.10. The van der Waals surface area contributed by atoms with E-state index in [0.717, 1.165) is 21.8 Å². The molecule has 0 aliphatic heterocycles. The van der Waals surface area contributed by atoms with Gasteiger partial charge in [0.15, 0.2) is 0 Å². The molecule has 0 spiro atoms. The number of amides is 2. The number of rotatable bonds is 3. The number of carbonyl (C=O) groups excluding carboxylic acids is 2. The molecule has 0 saturated heterocycles. The highest BCUT2D eigenvalue weighted by atomic mass is 16.3. The summed E-state index contributed by atoms with van der Waals surface area (Å²) in [7, 11) is 0. The maximum Gasteiger partial charge on any atom is 0.288 e. The molecule has 0 aliphatic rings. The van der Waals surface area contributed by atoms with Gasteiger partial charge < -0.3 is 15.8 Å². The Balaban J connectivity index is 1.91. The van der Waals surface area contributed by atoms with E-state index < -0.39 is 24.5 Å². The molecular weight excluding hydrogens is 310 g/mol. The van der Waals surface area contributed by atoms with E-state index in [4.69, 9.17) is 10.8 Å². The molecule has 2 amide bonds. The van der Waals surface area contributed by atoms with Crippen molar-refractivity contribution in [3.8, 4) is 0 Å². The van der Waals surface area contributed by atoms with Gasteiger partial charge in [0.2, 0.25) is 0 Å². The smallest absolute Gasteiger partial charge is 0.288 e. The second-order valence-corrected chi connectivity index (χ2v) is 5.42. The van der Waals surface area contributed by atoms with Crippen molar-refractivity contribution in [2.75, 3.05) is 6.61 Å². The van der Waals surface area contributed by atoms with Crippen LogP contribution in [0.4, 0.5) is 0 Å². The van der Waals surface area contributed by atoms with E-state index in [9.17, 15) is 9.59 Å². The summed E-state index contributed by atoms with van der Waals surface area (Å²) in [5.74, 6) is -1.25. The lowest BCUT2D eigenvalue weighted by molar-refractivity contribution is -0.123. The number of aliphatic hydroxyl groups excluding tert-OH is 1. The van der Waals surface area contributed by atoms with Crippen LogP contribution in [-0.4, -0.2) is 39.5 Å². The van der Waals surface area contributed by atoms with Gasteiger partial charge in [0, 0.05) is 16.3 Å². The van der Waals surface area contributed by atoms with Crippen LogP contribution in [0.15, 0.2) is 30.3 Å². The van der Waals surface area contributed by atoms with Crippen molar-refractivity contribution in [1.82, 2.24) is 20.8 Å². The van der Waals surface area contributed by atoms with Crippen molar-refractivity contribution in [2.45, 2.75) is 13.0 Å². The van der Waals surface area contributed by atoms with E-state index >= 15 is 0 Å². The Hall–Kier alpha value is -2.97. The van der Waals surface area contributed by atoms with Crippen LogP contribution in [0.3, 0.4) is 0 Å². The Bertz CT molecular complexity index is 934. The average Bonchev–Trinajstić information content (AvgIpc) is 2.98. The standard InChI is InChI=1S/C16H17N5O3/c1-8-14-10(9-4-2-3-5-12(9)19-14)6-13(18-8)16(24)21-20-15(23)11(17)7-22/h2-6,11,19,22H,7,17H2,1H3,(H,20,23)(H,21,24)/t11-/m0/s1. The monoisotopic (exact) mass is 327 g/mol. The molecule has 3 rings (SSSR count). The lowest BCUT2D eigenvalue weighted by Crippen LogP contribution is -2.50. The SMILES string of the molecule is Cc1nc(C(=O)NNC(=O)[C@@H](N)CO)cc2c1[nH]c1ccccc12. The fraction of sp³-hybridized carbons (Fsp3) is 0.188. The van der Waals surface area contributed by atoms with Crippen LogP contribution < -0.4 is 16.6 Å². The molecule has 3 aromatic rings. The molecule has 2 heterocycles. The molecule has 0 saturated carbocycles. The van der Waals surface area contributed by atoms with Crippen LogP contribution in [0.1, 0.15) is 16.2 Å². The summed E-state index contributed by atoms with van der Waals surface area (Å²) in [6.07, 6.45) is 0. The van der Waals surface area contributed by atoms with Gasteiger partial charge in [-0.1, -0.05) is 18.2 Å². The molecule has 124 valence electrons. The molecule has 0 radical (unpaired) electrons. The Labute approximate surface area is 137 Å². The molecule has 1 atom stereocenters. The fourth-order valence-corrected chi connectivity index (χ4v) is 2.48. The topological polar surface area (TPSA) is 133 Å². The van der Waals surface area contributed by atoms with E-state index in [1.807, 2.05) is 24.3 Å². The molecular formula is C16H17N5O3. The molecule has 8 nitrogen and oxygen atoms in total. The van der Waals surface area contributed by atoms with Crippen LogP contribution in [0.2, 0.25) is 0 Å². The number of aryl methyl sites for hydroxylation is 1. The highest BCUT2D eigenvalue weighted by Crippen LogP contribution is 2.27. The number of hydrogen-bond donors (Lipinski definition) is 5. The molecule has 8 heteroatoms. The number of H-pyrrole nitrogens is 1. The summed E-state index contributed by atoms with van der Waals surface area (Å²) < 4.78 is 0. The van der Waals surface area contributed by atoms with Crippen LogP contribution in [0.5, 0.6) is 0 Å². The second-order valence-electron chi connectivity index (χ2n) is 5.42. The largest absolute Gasteiger partial charge is 0.394 e. The summed E-state index contributed by atoms with van der Waals surface area (Å²) in [6, 6.07) is 8.31.